The van der Waals surface area contributed by atoms with Gasteiger partial charge in [-0.05, 0) is 55.5 Å². The maximum Gasteiger partial charge on any atom is 0.243 e. The van der Waals surface area contributed by atoms with E-state index in [1.165, 1.54) is 12.1 Å². The topological polar surface area (TPSA) is 203 Å². The Morgan fingerprint density at radius 3 is 1.90 bits per heavy atom. The summed E-state index contributed by atoms with van der Waals surface area (Å²) in [6.45, 7) is 2.29. The van der Waals surface area contributed by atoms with Crippen molar-refractivity contribution < 1.29 is 24.3 Å². The summed E-state index contributed by atoms with van der Waals surface area (Å²) in [4.78, 5) is 51.5. The highest BCUT2D eigenvalue weighted by Crippen LogP contribution is 2.12. The van der Waals surface area contributed by atoms with Crippen molar-refractivity contribution in [2.45, 2.75) is 76.0 Å². The van der Waals surface area contributed by atoms with Crippen LogP contribution in [0.3, 0.4) is 0 Å². The van der Waals surface area contributed by atoms with Gasteiger partial charge in [0.25, 0.3) is 0 Å². The Kier molecular flexibility index (Phi) is 13.6. The maximum absolute atomic E-state index is 13.4. The standard InChI is InChI=1S/C29H42N6O5/c1-2-3-10-24(34-27(38)22(31)17-20-12-14-21(36)15-13-20)28(39)35-25(18-19-8-5-4-6-9-19)29(40)33-23(26(32)37)11-7-16-30/h4-6,8-9,12-15,22-25,36H,2-3,7,10-11,16-18,30-31H2,1H3,(H2,32,37)(H,33,40)(H,34,38)(H,35,39)/t22-,23-,24-,25-/m0/s1. The van der Waals surface area contributed by atoms with Crippen molar-refractivity contribution in [3.8, 4) is 5.75 Å². The predicted octanol–water partition coefficient (Wildman–Crippen LogP) is 0.374. The number of carbonyl (C=O) groups is 4. The third kappa shape index (κ3) is 11.0. The Morgan fingerprint density at radius 2 is 1.30 bits per heavy atom. The molecule has 4 atom stereocenters. The number of hydrogen-bond donors (Lipinski definition) is 7. The van der Waals surface area contributed by atoms with Crippen molar-refractivity contribution in [2.75, 3.05) is 6.54 Å². The minimum Gasteiger partial charge on any atom is -0.508 e. The average Bonchev–Trinajstić information content (AvgIpc) is 2.94. The van der Waals surface area contributed by atoms with Crippen LogP contribution in [0.5, 0.6) is 5.75 Å². The molecule has 218 valence electrons. The number of hydrogen-bond acceptors (Lipinski definition) is 7. The smallest absolute Gasteiger partial charge is 0.243 e. The molecule has 0 aliphatic carbocycles. The first-order chi connectivity index (χ1) is 19.1. The summed E-state index contributed by atoms with van der Waals surface area (Å²) in [5.74, 6) is -2.20. The van der Waals surface area contributed by atoms with E-state index in [2.05, 4.69) is 16.0 Å². The Hall–Kier alpha value is -3.96. The Labute approximate surface area is 235 Å². The molecule has 0 aliphatic rings. The molecular formula is C29H42N6O5. The van der Waals surface area contributed by atoms with Crippen molar-refractivity contribution in [3.63, 3.8) is 0 Å². The highest BCUT2D eigenvalue weighted by molar-refractivity contribution is 5.94. The second kappa shape index (κ2) is 16.9. The van der Waals surface area contributed by atoms with Crippen LogP contribution in [0.1, 0.15) is 50.2 Å². The maximum atomic E-state index is 13.4. The Balaban J connectivity index is 2.17. The molecule has 40 heavy (non-hydrogen) atoms. The van der Waals surface area contributed by atoms with Gasteiger partial charge < -0.3 is 38.3 Å². The zero-order chi connectivity index (χ0) is 29.5. The van der Waals surface area contributed by atoms with Gasteiger partial charge in [-0.15, -0.1) is 0 Å². The molecule has 11 heteroatoms. The number of phenols is 1. The fourth-order valence-corrected chi connectivity index (χ4v) is 4.15. The van der Waals surface area contributed by atoms with E-state index >= 15 is 0 Å². The number of aromatic hydroxyl groups is 1. The second-order valence-corrected chi connectivity index (χ2v) is 9.83. The normalized spacial score (nSPS) is 13.9. The van der Waals surface area contributed by atoms with Gasteiger partial charge in [0, 0.05) is 6.42 Å². The van der Waals surface area contributed by atoms with Gasteiger partial charge in [0.15, 0.2) is 0 Å². The first kappa shape index (κ1) is 32.3. The molecule has 0 fully saturated rings. The minimum absolute atomic E-state index is 0.105. The summed E-state index contributed by atoms with van der Waals surface area (Å²) in [5.41, 5.74) is 18.7. The molecule has 0 heterocycles. The van der Waals surface area contributed by atoms with Crippen LogP contribution in [0.4, 0.5) is 0 Å². The molecule has 0 aliphatic heterocycles. The number of carbonyl (C=O) groups excluding carboxylic acids is 4. The lowest BCUT2D eigenvalue weighted by Gasteiger charge is -2.25. The number of nitrogens with two attached hydrogens (primary N) is 3. The van der Waals surface area contributed by atoms with Crippen LogP contribution in [0.2, 0.25) is 0 Å². The van der Waals surface area contributed by atoms with Crippen LogP contribution in [0.25, 0.3) is 0 Å². The van der Waals surface area contributed by atoms with Gasteiger partial charge in [-0.3, -0.25) is 19.2 Å². The summed E-state index contributed by atoms with van der Waals surface area (Å²) in [6, 6.07) is 11.7. The third-order valence-electron chi connectivity index (χ3n) is 6.48. The molecule has 2 aromatic rings. The van der Waals surface area contributed by atoms with Gasteiger partial charge in [0.2, 0.25) is 23.6 Å². The highest BCUT2D eigenvalue weighted by atomic mass is 16.3. The zero-order valence-corrected chi connectivity index (χ0v) is 23.0. The van der Waals surface area contributed by atoms with Crippen LogP contribution < -0.4 is 33.2 Å². The van der Waals surface area contributed by atoms with Crippen LogP contribution in [-0.4, -0.2) is 59.4 Å². The minimum atomic E-state index is -1.03. The number of primary amides is 1. The molecule has 0 aromatic heterocycles. The number of unbranched alkanes of at least 4 members (excludes halogenated alkanes) is 1. The van der Waals surface area contributed by atoms with E-state index in [0.29, 0.717) is 25.8 Å². The average molecular weight is 555 g/mol. The lowest BCUT2D eigenvalue weighted by molar-refractivity contribution is -0.133. The fourth-order valence-electron chi connectivity index (χ4n) is 4.15. The van der Waals surface area contributed by atoms with Crippen molar-refractivity contribution in [3.05, 3.63) is 65.7 Å². The molecule has 0 spiro atoms. The summed E-state index contributed by atoms with van der Waals surface area (Å²) < 4.78 is 0. The highest BCUT2D eigenvalue weighted by Gasteiger charge is 2.30. The zero-order valence-electron chi connectivity index (χ0n) is 23.0. The number of amides is 4. The summed E-state index contributed by atoms with van der Waals surface area (Å²) in [7, 11) is 0. The van der Waals surface area contributed by atoms with Crippen molar-refractivity contribution in [2.24, 2.45) is 17.2 Å². The number of phenolic OH excluding ortho intramolecular Hbond substituents is 1. The summed E-state index contributed by atoms with van der Waals surface area (Å²) in [5, 5.41) is 17.6. The van der Waals surface area contributed by atoms with E-state index in [1.54, 1.807) is 12.1 Å². The SMILES string of the molecule is CCCC[C@H](NC(=O)[C@@H](N)Cc1ccc(O)cc1)C(=O)N[C@@H](Cc1ccccc1)C(=O)N[C@@H](CCCN)C(N)=O. The lowest BCUT2D eigenvalue weighted by Crippen LogP contribution is -2.58. The monoisotopic (exact) mass is 554 g/mol. The molecule has 0 radical (unpaired) electrons. The van der Waals surface area contributed by atoms with Crippen molar-refractivity contribution >= 4 is 23.6 Å². The molecule has 4 amide bonds. The van der Waals surface area contributed by atoms with Gasteiger partial charge in [-0.1, -0.05) is 62.2 Å². The van der Waals surface area contributed by atoms with Crippen LogP contribution >= 0.6 is 0 Å². The largest absolute Gasteiger partial charge is 0.508 e. The summed E-state index contributed by atoms with van der Waals surface area (Å²) in [6.07, 6.45) is 2.93. The molecule has 0 bridgehead atoms. The Morgan fingerprint density at radius 1 is 0.750 bits per heavy atom. The summed E-state index contributed by atoms with van der Waals surface area (Å²) >= 11 is 0. The Bertz CT molecular complexity index is 1100. The van der Waals surface area contributed by atoms with E-state index in [0.717, 1.165) is 17.5 Å². The van der Waals surface area contributed by atoms with Gasteiger partial charge in [-0.25, -0.2) is 0 Å². The molecule has 11 nitrogen and oxygen atoms in total. The van der Waals surface area contributed by atoms with E-state index in [1.807, 2.05) is 37.3 Å². The van der Waals surface area contributed by atoms with E-state index < -0.39 is 47.8 Å². The number of nitrogens with one attached hydrogen (secondary N) is 3. The van der Waals surface area contributed by atoms with E-state index in [9.17, 15) is 24.3 Å². The third-order valence-corrected chi connectivity index (χ3v) is 6.48. The molecule has 2 rings (SSSR count). The van der Waals surface area contributed by atoms with Crippen molar-refractivity contribution in [1.29, 1.82) is 0 Å². The molecule has 0 saturated heterocycles. The first-order valence-corrected chi connectivity index (χ1v) is 13.6. The number of benzene rings is 2. The first-order valence-electron chi connectivity index (χ1n) is 13.6. The van der Waals surface area contributed by atoms with Crippen LogP contribution in [0, 0.1) is 0 Å². The molecule has 0 unspecified atom stereocenters. The number of rotatable bonds is 17. The van der Waals surface area contributed by atoms with Crippen LogP contribution in [-0.2, 0) is 32.0 Å². The second-order valence-electron chi connectivity index (χ2n) is 9.83. The van der Waals surface area contributed by atoms with E-state index in [4.69, 9.17) is 17.2 Å². The molecule has 10 N–H and O–H groups in total. The van der Waals surface area contributed by atoms with Crippen LogP contribution in [0.15, 0.2) is 54.6 Å². The predicted molar refractivity (Wildman–Crippen MR) is 153 cm³/mol. The fraction of sp³-hybridized carbons (Fsp3) is 0.448. The van der Waals surface area contributed by atoms with Crippen molar-refractivity contribution in [1.82, 2.24) is 16.0 Å². The van der Waals surface area contributed by atoms with Gasteiger partial charge >= 0.3 is 0 Å². The molecular weight excluding hydrogens is 512 g/mol. The lowest BCUT2D eigenvalue weighted by atomic mass is 10.0. The van der Waals surface area contributed by atoms with E-state index in [-0.39, 0.29) is 25.0 Å². The molecule has 2 aromatic carbocycles. The van der Waals surface area contributed by atoms with Gasteiger partial charge in [0.1, 0.15) is 23.9 Å². The quantitative estimate of drug-likeness (QED) is 0.146. The molecule has 0 saturated carbocycles. The van der Waals surface area contributed by atoms with Gasteiger partial charge in [0.05, 0.1) is 6.04 Å². The van der Waals surface area contributed by atoms with Gasteiger partial charge in [-0.2, -0.15) is 0 Å².